The van der Waals surface area contributed by atoms with Gasteiger partial charge in [-0.05, 0) is 36.3 Å². The number of rotatable bonds is 7. The SMILES string of the molecule is C[C@@H](NC(=O)/C(C#N)=C/c1cccc(OCC(=O)O)c1)c1ccccc1. The van der Waals surface area contributed by atoms with Crippen molar-refractivity contribution in [3.63, 3.8) is 0 Å². The highest BCUT2D eigenvalue weighted by Gasteiger charge is 2.13. The highest BCUT2D eigenvalue weighted by molar-refractivity contribution is 6.01. The fraction of sp³-hybridized carbons (Fsp3) is 0.150. The number of carbonyl (C=O) groups is 2. The normalized spacial score (nSPS) is 11.9. The Bertz CT molecular complexity index is 854. The topological polar surface area (TPSA) is 99.4 Å². The maximum absolute atomic E-state index is 12.4. The molecule has 2 N–H and O–H groups in total. The molecule has 0 radical (unpaired) electrons. The van der Waals surface area contributed by atoms with Gasteiger partial charge in [0.05, 0.1) is 6.04 Å². The van der Waals surface area contributed by atoms with Crippen molar-refractivity contribution in [3.05, 3.63) is 71.3 Å². The first-order valence-electron chi connectivity index (χ1n) is 7.92. The number of nitrogens with one attached hydrogen (secondary N) is 1. The minimum absolute atomic E-state index is 0.0526. The van der Waals surface area contributed by atoms with Crippen LogP contribution in [0.5, 0.6) is 5.75 Å². The van der Waals surface area contributed by atoms with Gasteiger partial charge in [-0.15, -0.1) is 0 Å². The molecule has 2 aromatic rings. The maximum Gasteiger partial charge on any atom is 0.341 e. The predicted molar refractivity (Wildman–Crippen MR) is 96.2 cm³/mol. The molecule has 0 bridgehead atoms. The number of nitriles is 1. The van der Waals surface area contributed by atoms with Crippen molar-refractivity contribution in [2.24, 2.45) is 0 Å². The lowest BCUT2D eigenvalue weighted by Gasteiger charge is -2.13. The number of nitrogens with zero attached hydrogens (tertiary/aromatic N) is 1. The Hall–Kier alpha value is -3.59. The van der Waals surface area contributed by atoms with Gasteiger partial charge in [-0.1, -0.05) is 42.5 Å². The Morgan fingerprint density at radius 1 is 1.23 bits per heavy atom. The van der Waals surface area contributed by atoms with Crippen LogP contribution in [0.25, 0.3) is 6.08 Å². The van der Waals surface area contributed by atoms with Crippen molar-refractivity contribution >= 4 is 18.0 Å². The summed E-state index contributed by atoms with van der Waals surface area (Å²) >= 11 is 0. The van der Waals surface area contributed by atoms with Gasteiger partial charge in [0.15, 0.2) is 6.61 Å². The van der Waals surface area contributed by atoms with Crippen molar-refractivity contribution < 1.29 is 19.4 Å². The molecule has 0 spiro atoms. The van der Waals surface area contributed by atoms with Gasteiger partial charge in [-0.25, -0.2) is 4.79 Å². The van der Waals surface area contributed by atoms with Crippen LogP contribution in [0.2, 0.25) is 0 Å². The van der Waals surface area contributed by atoms with Gasteiger partial charge >= 0.3 is 5.97 Å². The summed E-state index contributed by atoms with van der Waals surface area (Å²) in [6.45, 7) is 1.37. The lowest BCUT2D eigenvalue weighted by Crippen LogP contribution is -2.27. The number of aliphatic carboxylic acids is 1. The summed E-state index contributed by atoms with van der Waals surface area (Å²) in [6, 6.07) is 17.6. The zero-order valence-electron chi connectivity index (χ0n) is 14.2. The maximum atomic E-state index is 12.4. The number of carbonyl (C=O) groups excluding carboxylic acids is 1. The lowest BCUT2D eigenvalue weighted by atomic mass is 10.1. The van der Waals surface area contributed by atoms with Crippen LogP contribution in [0.3, 0.4) is 0 Å². The highest BCUT2D eigenvalue weighted by Crippen LogP contribution is 2.17. The third kappa shape index (κ3) is 5.49. The fourth-order valence-corrected chi connectivity index (χ4v) is 2.25. The number of hydrogen-bond donors (Lipinski definition) is 2. The van der Waals surface area contributed by atoms with Crippen LogP contribution < -0.4 is 10.1 Å². The van der Waals surface area contributed by atoms with Crippen LogP contribution in [-0.4, -0.2) is 23.6 Å². The molecule has 0 heterocycles. The van der Waals surface area contributed by atoms with Crippen LogP contribution in [0.4, 0.5) is 0 Å². The molecular weight excluding hydrogens is 332 g/mol. The van der Waals surface area contributed by atoms with Crippen molar-refractivity contribution in [2.45, 2.75) is 13.0 Å². The van der Waals surface area contributed by atoms with Crippen molar-refractivity contribution in [2.75, 3.05) is 6.61 Å². The molecule has 2 rings (SSSR count). The predicted octanol–water partition coefficient (Wildman–Crippen LogP) is 2.93. The summed E-state index contributed by atoms with van der Waals surface area (Å²) in [7, 11) is 0. The molecule has 26 heavy (non-hydrogen) atoms. The van der Waals surface area contributed by atoms with Gasteiger partial charge in [0.1, 0.15) is 17.4 Å². The van der Waals surface area contributed by atoms with E-state index >= 15 is 0 Å². The molecule has 0 aliphatic heterocycles. The lowest BCUT2D eigenvalue weighted by molar-refractivity contribution is -0.139. The van der Waals surface area contributed by atoms with E-state index in [1.54, 1.807) is 24.3 Å². The first-order chi connectivity index (χ1) is 12.5. The second-order valence-electron chi connectivity index (χ2n) is 5.53. The van der Waals surface area contributed by atoms with Gasteiger partial charge in [-0.2, -0.15) is 5.26 Å². The fourth-order valence-electron chi connectivity index (χ4n) is 2.25. The van der Waals surface area contributed by atoms with E-state index in [0.717, 1.165) is 5.56 Å². The second-order valence-corrected chi connectivity index (χ2v) is 5.53. The number of benzene rings is 2. The quantitative estimate of drug-likeness (QED) is 0.591. The number of carboxylic acid groups (broad SMARTS) is 1. The van der Waals surface area contributed by atoms with E-state index in [-0.39, 0.29) is 11.6 Å². The largest absolute Gasteiger partial charge is 0.482 e. The van der Waals surface area contributed by atoms with Gasteiger partial charge < -0.3 is 15.2 Å². The molecule has 0 aliphatic rings. The molecule has 0 fully saturated rings. The summed E-state index contributed by atoms with van der Waals surface area (Å²) in [5.41, 5.74) is 1.44. The number of amides is 1. The van der Waals surface area contributed by atoms with Gasteiger partial charge in [0.25, 0.3) is 5.91 Å². The van der Waals surface area contributed by atoms with Gasteiger partial charge in [0.2, 0.25) is 0 Å². The van der Waals surface area contributed by atoms with Gasteiger partial charge in [0, 0.05) is 0 Å². The smallest absolute Gasteiger partial charge is 0.341 e. The van der Waals surface area contributed by atoms with Crippen LogP contribution in [-0.2, 0) is 9.59 Å². The second kappa shape index (κ2) is 9.04. The van der Waals surface area contributed by atoms with E-state index in [9.17, 15) is 14.9 Å². The minimum Gasteiger partial charge on any atom is -0.482 e. The Morgan fingerprint density at radius 2 is 1.96 bits per heavy atom. The Labute approximate surface area is 151 Å². The van der Waals surface area contributed by atoms with E-state index < -0.39 is 18.5 Å². The monoisotopic (exact) mass is 350 g/mol. The molecule has 0 unspecified atom stereocenters. The molecular formula is C20H18N2O4. The van der Waals surface area contributed by atoms with Crippen LogP contribution in [0, 0.1) is 11.3 Å². The molecule has 6 heteroatoms. The summed E-state index contributed by atoms with van der Waals surface area (Å²) < 4.78 is 5.09. The number of carboxylic acids is 1. The summed E-state index contributed by atoms with van der Waals surface area (Å²) in [5.74, 6) is -1.23. The highest BCUT2D eigenvalue weighted by atomic mass is 16.5. The molecule has 0 saturated carbocycles. The first-order valence-corrected chi connectivity index (χ1v) is 7.92. The molecule has 1 amide bonds. The van der Waals surface area contributed by atoms with Crippen molar-refractivity contribution in [1.82, 2.24) is 5.32 Å². The standard InChI is InChI=1S/C20H18N2O4/c1-14(16-7-3-2-4-8-16)22-20(25)17(12-21)10-15-6-5-9-18(11-15)26-13-19(23)24/h2-11,14H,13H2,1H3,(H,22,25)(H,23,24)/b17-10+/t14-/m1/s1. The molecule has 0 saturated heterocycles. The van der Waals surface area contributed by atoms with Crippen LogP contribution in [0.15, 0.2) is 60.2 Å². The van der Waals surface area contributed by atoms with E-state index in [0.29, 0.717) is 11.3 Å². The average molecular weight is 350 g/mol. The van der Waals surface area contributed by atoms with E-state index in [1.807, 2.05) is 43.3 Å². The van der Waals surface area contributed by atoms with Crippen molar-refractivity contribution in [3.8, 4) is 11.8 Å². The van der Waals surface area contributed by atoms with E-state index in [2.05, 4.69) is 5.32 Å². The number of hydrogen-bond acceptors (Lipinski definition) is 4. The van der Waals surface area contributed by atoms with Crippen LogP contribution >= 0.6 is 0 Å². The Morgan fingerprint density at radius 3 is 2.62 bits per heavy atom. The van der Waals surface area contributed by atoms with Crippen LogP contribution in [0.1, 0.15) is 24.1 Å². The average Bonchev–Trinajstić information content (AvgIpc) is 2.65. The third-order valence-electron chi connectivity index (χ3n) is 3.54. The number of ether oxygens (including phenoxy) is 1. The summed E-state index contributed by atoms with van der Waals surface area (Å²) in [6.07, 6.45) is 1.43. The Kier molecular flexibility index (Phi) is 6.52. The molecule has 0 aromatic heterocycles. The van der Waals surface area contributed by atoms with E-state index in [4.69, 9.17) is 9.84 Å². The molecule has 2 aromatic carbocycles. The third-order valence-corrected chi connectivity index (χ3v) is 3.54. The van der Waals surface area contributed by atoms with Crippen molar-refractivity contribution in [1.29, 1.82) is 5.26 Å². The molecule has 6 nitrogen and oxygen atoms in total. The molecule has 1 atom stereocenters. The van der Waals surface area contributed by atoms with Gasteiger partial charge in [-0.3, -0.25) is 4.79 Å². The van der Waals surface area contributed by atoms with E-state index in [1.165, 1.54) is 6.08 Å². The molecule has 0 aliphatic carbocycles. The zero-order valence-corrected chi connectivity index (χ0v) is 14.2. The molecule has 132 valence electrons. The summed E-state index contributed by atoms with van der Waals surface area (Å²) in [5, 5.41) is 20.7. The first kappa shape index (κ1) is 18.7. The zero-order chi connectivity index (χ0) is 18.9. The summed E-state index contributed by atoms with van der Waals surface area (Å²) in [4.78, 5) is 22.9. The Balaban J connectivity index is 2.12. The minimum atomic E-state index is -1.09.